The molecule has 0 spiro atoms. The Kier molecular flexibility index (Phi) is 2.84. The summed E-state index contributed by atoms with van der Waals surface area (Å²) in [5.41, 5.74) is 0.464. The number of rotatable bonds is 3. The normalized spacial score (nSPS) is 21.9. The maximum atomic E-state index is 12.2. The van der Waals surface area contributed by atoms with Gasteiger partial charge in [0.05, 0.1) is 12.6 Å². The number of benzene rings is 1. The highest BCUT2D eigenvalue weighted by molar-refractivity contribution is 5.42. The van der Waals surface area contributed by atoms with Crippen molar-refractivity contribution in [2.24, 2.45) is 0 Å². The fourth-order valence-corrected chi connectivity index (χ4v) is 2.09. The first kappa shape index (κ1) is 11.3. The average molecular weight is 227 g/mol. The van der Waals surface area contributed by atoms with Crippen LogP contribution in [0.3, 0.4) is 0 Å². The zero-order chi connectivity index (χ0) is 11.8. The molecule has 1 aliphatic rings. The van der Waals surface area contributed by atoms with Crippen molar-refractivity contribution in [3.8, 4) is 5.75 Å². The van der Waals surface area contributed by atoms with Crippen molar-refractivity contribution in [3.05, 3.63) is 29.8 Å². The lowest BCUT2D eigenvalue weighted by Crippen LogP contribution is -2.40. The van der Waals surface area contributed by atoms with Gasteiger partial charge in [-0.15, -0.1) is 0 Å². The van der Waals surface area contributed by atoms with Gasteiger partial charge >= 0.3 is 0 Å². The van der Waals surface area contributed by atoms with Gasteiger partial charge in [-0.3, -0.25) is 0 Å². The lowest BCUT2D eigenvalue weighted by Gasteiger charge is -2.27. The molecule has 0 aliphatic carbocycles. The average Bonchev–Trinajstić information content (AvgIpc) is 2.44. The van der Waals surface area contributed by atoms with Crippen LogP contribution in [0.5, 0.6) is 5.75 Å². The maximum absolute atomic E-state index is 12.2. The third-order valence-corrected chi connectivity index (χ3v) is 2.77. The maximum Gasteiger partial charge on any atom is 0.250 e. The number of nitrogens with one attached hydrogen (secondary N) is 1. The van der Waals surface area contributed by atoms with Gasteiger partial charge in [0.15, 0.2) is 0 Å². The summed E-state index contributed by atoms with van der Waals surface area (Å²) < 4.78 is 30.2. The fourth-order valence-electron chi connectivity index (χ4n) is 2.09. The van der Waals surface area contributed by atoms with Crippen LogP contribution in [-0.4, -0.2) is 18.6 Å². The van der Waals surface area contributed by atoms with Crippen molar-refractivity contribution in [2.45, 2.75) is 31.9 Å². The molecule has 0 aromatic heterocycles. The molecule has 1 N–H and O–H groups in total. The number of hydrogen-bond donors (Lipinski definition) is 1. The van der Waals surface area contributed by atoms with Crippen molar-refractivity contribution in [1.29, 1.82) is 0 Å². The van der Waals surface area contributed by atoms with Crippen LogP contribution in [0.1, 0.15) is 25.5 Å². The number of ether oxygens (including phenoxy) is 1. The van der Waals surface area contributed by atoms with Crippen LogP contribution in [0.4, 0.5) is 8.78 Å². The summed E-state index contributed by atoms with van der Waals surface area (Å²) in [6.07, 6.45) is -2.34. The van der Waals surface area contributed by atoms with Crippen LogP contribution < -0.4 is 10.1 Å². The van der Waals surface area contributed by atoms with E-state index < -0.39 is 12.0 Å². The highest BCUT2D eigenvalue weighted by Gasteiger charge is 2.40. The first-order valence-electron chi connectivity index (χ1n) is 5.30. The fraction of sp³-hybridized carbons (Fsp3) is 0.500. The molecular formula is C12H15F2NO. The molecule has 2 nitrogen and oxygen atoms in total. The Hall–Kier alpha value is -1.16. The minimum Gasteiger partial charge on any atom is -0.486 e. The van der Waals surface area contributed by atoms with E-state index in [-0.39, 0.29) is 12.6 Å². The number of fused-ring (bicyclic) bond motifs is 1. The topological polar surface area (TPSA) is 21.3 Å². The quantitative estimate of drug-likeness (QED) is 0.857. The second kappa shape index (κ2) is 4.01. The molecule has 0 amide bonds. The van der Waals surface area contributed by atoms with Gasteiger partial charge in [0.1, 0.15) is 11.4 Å². The van der Waals surface area contributed by atoms with Crippen molar-refractivity contribution in [3.63, 3.8) is 0 Å². The molecule has 0 bridgehead atoms. The van der Waals surface area contributed by atoms with Crippen LogP contribution in [0.25, 0.3) is 0 Å². The summed E-state index contributed by atoms with van der Waals surface area (Å²) in [5, 5.41) is 2.85. The molecule has 0 saturated carbocycles. The number of hydrogen-bond acceptors (Lipinski definition) is 2. The molecule has 4 heteroatoms. The smallest absolute Gasteiger partial charge is 0.250 e. The first-order valence-corrected chi connectivity index (χ1v) is 5.30. The van der Waals surface area contributed by atoms with Gasteiger partial charge in [-0.05, 0) is 19.9 Å². The summed E-state index contributed by atoms with van der Waals surface area (Å²) in [6.45, 7) is 3.48. The van der Waals surface area contributed by atoms with Gasteiger partial charge in [0.25, 0.3) is 6.43 Å². The molecule has 1 atom stereocenters. The van der Waals surface area contributed by atoms with Crippen LogP contribution >= 0.6 is 0 Å². The van der Waals surface area contributed by atoms with E-state index in [4.69, 9.17) is 4.74 Å². The molecule has 0 saturated heterocycles. The zero-order valence-corrected chi connectivity index (χ0v) is 9.34. The predicted molar refractivity (Wildman–Crippen MR) is 57.9 cm³/mol. The van der Waals surface area contributed by atoms with Gasteiger partial charge in [-0.2, -0.15) is 0 Å². The molecule has 16 heavy (non-hydrogen) atoms. The lowest BCUT2D eigenvalue weighted by molar-refractivity contribution is 0.0799. The van der Waals surface area contributed by atoms with Crippen LogP contribution in [-0.2, 0) is 0 Å². The number of alkyl halides is 2. The Labute approximate surface area is 93.6 Å². The van der Waals surface area contributed by atoms with Crippen LogP contribution in [0.2, 0.25) is 0 Å². The van der Waals surface area contributed by atoms with E-state index >= 15 is 0 Å². The van der Waals surface area contributed by atoms with Gasteiger partial charge in [0, 0.05) is 5.56 Å². The van der Waals surface area contributed by atoms with Crippen molar-refractivity contribution in [1.82, 2.24) is 5.32 Å². The van der Waals surface area contributed by atoms with Crippen LogP contribution in [0, 0.1) is 0 Å². The highest BCUT2D eigenvalue weighted by atomic mass is 19.3. The summed E-state index contributed by atoms with van der Waals surface area (Å²) in [7, 11) is 0. The molecule has 1 aromatic carbocycles. The Balaban J connectivity index is 2.21. The Morgan fingerprint density at radius 2 is 2.06 bits per heavy atom. The lowest BCUT2D eigenvalue weighted by atomic mass is 9.94. The van der Waals surface area contributed by atoms with Crippen molar-refractivity contribution >= 4 is 0 Å². The second-order valence-electron chi connectivity index (χ2n) is 4.48. The standard InChI is InChI=1S/C12H15F2NO/c1-12(2)11(15-7-10(13)14)8-5-3-4-6-9(8)16-12/h3-6,10-11,15H,7H2,1-2H3. The van der Waals surface area contributed by atoms with Gasteiger partial charge < -0.3 is 10.1 Å². The second-order valence-corrected chi connectivity index (χ2v) is 4.48. The van der Waals surface area contributed by atoms with E-state index in [1.165, 1.54) is 0 Å². The predicted octanol–water partition coefficient (Wildman–Crippen LogP) is 2.75. The summed E-state index contributed by atoms with van der Waals surface area (Å²) in [5.74, 6) is 0.777. The monoisotopic (exact) mass is 227 g/mol. The van der Waals surface area contributed by atoms with E-state index in [2.05, 4.69) is 5.32 Å². The minimum atomic E-state index is -2.34. The van der Waals surface area contributed by atoms with Gasteiger partial charge in [-0.1, -0.05) is 18.2 Å². The Bertz CT molecular complexity index is 379. The molecule has 1 unspecified atom stereocenters. The molecule has 0 fully saturated rings. The third-order valence-electron chi connectivity index (χ3n) is 2.77. The SMILES string of the molecule is CC1(C)Oc2ccccc2C1NCC(F)F. The van der Waals surface area contributed by atoms with Gasteiger partial charge in [-0.25, -0.2) is 8.78 Å². The Morgan fingerprint density at radius 1 is 1.38 bits per heavy atom. The first-order chi connectivity index (χ1) is 7.50. The molecular weight excluding hydrogens is 212 g/mol. The van der Waals surface area contributed by atoms with Crippen molar-refractivity contribution < 1.29 is 13.5 Å². The summed E-state index contributed by atoms with van der Waals surface area (Å²) >= 11 is 0. The molecule has 88 valence electrons. The number of para-hydroxylation sites is 1. The zero-order valence-electron chi connectivity index (χ0n) is 9.34. The summed E-state index contributed by atoms with van der Waals surface area (Å²) in [6, 6.07) is 7.36. The molecule has 0 radical (unpaired) electrons. The molecule has 1 heterocycles. The van der Waals surface area contributed by atoms with E-state index in [9.17, 15) is 8.78 Å². The van der Waals surface area contributed by atoms with E-state index in [1.807, 2.05) is 38.1 Å². The minimum absolute atomic E-state index is 0.183. The van der Waals surface area contributed by atoms with E-state index in [0.717, 1.165) is 11.3 Å². The Morgan fingerprint density at radius 3 is 2.75 bits per heavy atom. The van der Waals surface area contributed by atoms with E-state index in [1.54, 1.807) is 0 Å². The molecule has 1 aromatic rings. The van der Waals surface area contributed by atoms with E-state index in [0.29, 0.717) is 0 Å². The van der Waals surface area contributed by atoms with Crippen molar-refractivity contribution in [2.75, 3.05) is 6.54 Å². The summed E-state index contributed by atoms with van der Waals surface area (Å²) in [4.78, 5) is 0. The number of halogens is 2. The highest BCUT2D eigenvalue weighted by Crippen LogP contribution is 2.42. The largest absolute Gasteiger partial charge is 0.486 e. The third kappa shape index (κ3) is 2.02. The van der Waals surface area contributed by atoms with Gasteiger partial charge in [0.2, 0.25) is 0 Å². The van der Waals surface area contributed by atoms with Crippen LogP contribution in [0.15, 0.2) is 24.3 Å². The molecule has 1 aliphatic heterocycles. The molecule has 2 rings (SSSR count).